The zero-order valence-electron chi connectivity index (χ0n) is 25.5. The maximum absolute atomic E-state index is 2.99. The van der Waals surface area contributed by atoms with Crippen molar-refractivity contribution in [3.05, 3.63) is 114 Å². The molecule has 1 saturated carbocycles. The molecule has 0 aromatic heterocycles. The zero-order chi connectivity index (χ0) is 28.8. The summed E-state index contributed by atoms with van der Waals surface area (Å²) in [5, 5.41) is 5.48. The number of rotatable bonds is 2. The normalized spacial score (nSPS) is 15.5. The fourth-order valence-corrected chi connectivity index (χ4v) is 7.18. The Kier molecular flexibility index (Phi) is 10.4. The van der Waals surface area contributed by atoms with Crippen molar-refractivity contribution < 1.29 is 23.9 Å². The molecule has 2 aliphatic rings. The van der Waals surface area contributed by atoms with Crippen LogP contribution in [0.15, 0.2) is 91.0 Å². The van der Waals surface area contributed by atoms with Crippen molar-refractivity contribution in [2.75, 3.05) is 0 Å². The van der Waals surface area contributed by atoms with E-state index >= 15 is 0 Å². The van der Waals surface area contributed by atoms with Crippen LogP contribution in [0.1, 0.15) is 96.8 Å². The third kappa shape index (κ3) is 8.16. The molecule has 0 nitrogen and oxygen atoms in total. The Morgan fingerprint density at radius 3 is 1.73 bits per heavy atom. The SMILES string of the molecule is CC(C)(C)c1ccc2c(c1)[cH-]c1cc(C(C)(C)C)ccc12.[C-]1=CC=CC1.[Hf+2]=[C](c1ccccc1)C1CCCCC1. The minimum atomic E-state index is 0.203. The first kappa shape index (κ1) is 30.7. The van der Waals surface area contributed by atoms with Gasteiger partial charge in [0.05, 0.1) is 0 Å². The van der Waals surface area contributed by atoms with Crippen LogP contribution in [0.4, 0.5) is 0 Å². The van der Waals surface area contributed by atoms with Gasteiger partial charge in [0.2, 0.25) is 0 Å². The predicted molar refractivity (Wildman–Crippen MR) is 173 cm³/mol. The Morgan fingerprint density at radius 2 is 1.30 bits per heavy atom. The van der Waals surface area contributed by atoms with Gasteiger partial charge in [-0.1, -0.05) is 76.9 Å². The van der Waals surface area contributed by atoms with Gasteiger partial charge < -0.3 is 0 Å². The fraction of sp³-hybridized carbons (Fsp3) is 0.385. The van der Waals surface area contributed by atoms with Crippen LogP contribution < -0.4 is 0 Å². The van der Waals surface area contributed by atoms with Gasteiger partial charge in [-0.15, -0.1) is 46.2 Å². The van der Waals surface area contributed by atoms with E-state index in [4.69, 9.17) is 0 Å². The Labute approximate surface area is 258 Å². The van der Waals surface area contributed by atoms with Crippen LogP contribution in [-0.2, 0) is 34.7 Å². The summed E-state index contributed by atoms with van der Waals surface area (Å²) in [4.78, 5) is 0. The number of fused-ring (bicyclic) bond motifs is 3. The standard InChI is InChI=1S/C21H25.C13H16.C5H5.Hf/c1-20(2,3)16-7-9-18-14(12-16)11-15-13-17(21(4,5)6)8-10-19(15)18;1-3-7-12(8-4-1)11-13-9-5-2-6-10-13;1-2-4-5-3-1;/h7-13H,1-6H3;1,3-4,7-8,13H,2,5-6,9-10H2;1-3H,4H2;/q-1;;-1;+2. The van der Waals surface area contributed by atoms with E-state index in [1.807, 2.05) is 12.2 Å². The van der Waals surface area contributed by atoms with Crippen LogP contribution in [-0.4, -0.2) is 3.26 Å². The molecule has 40 heavy (non-hydrogen) atoms. The van der Waals surface area contributed by atoms with E-state index in [0.717, 1.165) is 12.3 Å². The Bertz CT molecular complexity index is 1380. The van der Waals surface area contributed by atoms with Gasteiger partial charge in [-0.3, -0.25) is 6.08 Å². The molecule has 0 saturated heterocycles. The molecule has 0 heterocycles. The van der Waals surface area contributed by atoms with Crippen molar-refractivity contribution in [2.45, 2.75) is 90.9 Å². The van der Waals surface area contributed by atoms with Gasteiger partial charge in [-0.05, 0) is 10.8 Å². The first-order valence-electron chi connectivity index (χ1n) is 15.0. The van der Waals surface area contributed by atoms with Crippen molar-refractivity contribution in [2.24, 2.45) is 5.92 Å². The number of benzene rings is 3. The van der Waals surface area contributed by atoms with E-state index in [2.05, 4.69) is 126 Å². The molecular formula is C39H46Hf. The van der Waals surface area contributed by atoms with Crippen molar-refractivity contribution in [3.8, 4) is 0 Å². The molecule has 1 heteroatoms. The van der Waals surface area contributed by atoms with Crippen LogP contribution >= 0.6 is 0 Å². The monoisotopic (exact) mass is 694 g/mol. The molecule has 0 amide bonds. The van der Waals surface area contributed by atoms with Gasteiger partial charge in [-0.2, -0.15) is 6.08 Å². The van der Waals surface area contributed by atoms with Crippen LogP contribution in [0.2, 0.25) is 0 Å². The predicted octanol–water partition coefficient (Wildman–Crippen LogP) is 10.9. The van der Waals surface area contributed by atoms with E-state index in [9.17, 15) is 0 Å². The zero-order valence-corrected chi connectivity index (χ0v) is 29.1. The summed E-state index contributed by atoms with van der Waals surface area (Å²) in [5.74, 6) is 0.915. The number of hydrogen-bond donors (Lipinski definition) is 0. The Hall–Kier alpha value is -2.25. The van der Waals surface area contributed by atoms with E-state index in [1.54, 1.807) is 3.26 Å². The molecule has 2 aliphatic carbocycles. The van der Waals surface area contributed by atoms with E-state index < -0.39 is 0 Å². The van der Waals surface area contributed by atoms with E-state index in [0.29, 0.717) is 0 Å². The summed E-state index contributed by atoms with van der Waals surface area (Å²) < 4.78 is 1.74. The molecule has 0 N–H and O–H groups in total. The first-order chi connectivity index (χ1) is 19.0. The van der Waals surface area contributed by atoms with Gasteiger partial charge in [0, 0.05) is 0 Å². The number of hydrogen-bond acceptors (Lipinski definition) is 0. The van der Waals surface area contributed by atoms with Crippen LogP contribution in [0.3, 0.4) is 0 Å². The van der Waals surface area contributed by atoms with Crippen LogP contribution in [0.25, 0.3) is 21.5 Å². The summed E-state index contributed by atoms with van der Waals surface area (Å²) in [6.07, 6.45) is 17.2. The Balaban J connectivity index is 0.000000166. The van der Waals surface area contributed by atoms with Gasteiger partial charge in [0.25, 0.3) is 0 Å². The summed E-state index contributed by atoms with van der Waals surface area (Å²) >= 11 is 1.23. The van der Waals surface area contributed by atoms with Gasteiger partial charge in [0.15, 0.2) is 0 Å². The third-order valence-electron chi connectivity index (χ3n) is 8.12. The molecule has 0 radical (unpaired) electrons. The molecule has 0 bridgehead atoms. The minimum absolute atomic E-state index is 0.203. The summed E-state index contributed by atoms with van der Waals surface area (Å²) in [5.41, 5.74) is 4.72. The van der Waals surface area contributed by atoms with Gasteiger partial charge in [0.1, 0.15) is 0 Å². The van der Waals surface area contributed by atoms with Crippen LogP contribution in [0, 0.1) is 12.0 Å². The van der Waals surface area contributed by atoms with Crippen LogP contribution in [0.5, 0.6) is 0 Å². The molecule has 0 atom stereocenters. The van der Waals surface area contributed by atoms with Crippen molar-refractivity contribution in [1.29, 1.82) is 0 Å². The third-order valence-corrected chi connectivity index (χ3v) is 10.6. The van der Waals surface area contributed by atoms with E-state index in [1.165, 1.54) is 94.2 Å². The Morgan fingerprint density at radius 1 is 0.750 bits per heavy atom. The van der Waals surface area contributed by atoms with Crippen molar-refractivity contribution in [3.63, 3.8) is 0 Å². The first-order valence-corrected chi connectivity index (χ1v) is 16.8. The van der Waals surface area contributed by atoms with Gasteiger partial charge >= 0.3 is 101 Å². The summed E-state index contributed by atoms with van der Waals surface area (Å²) in [7, 11) is 0. The average molecular weight is 693 g/mol. The van der Waals surface area contributed by atoms with E-state index in [-0.39, 0.29) is 10.8 Å². The molecule has 4 aromatic carbocycles. The average Bonchev–Trinajstić information content (AvgIpc) is 3.64. The second kappa shape index (κ2) is 13.6. The molecule has 4 aromatic rings. The summed E-state index contributed by atoms with van der Waals surface area (Å²) in [6, 6.07) is 27.2. The fourth-order valence-electron chi connectivity index (χ4n) is 5.54. The maximum atomic E-state index is 2.99. The second-order valence-corrected chi connectivity index (χ2v) is 15.3. The molecule has 206 valence electrons. The molecular weight excluding hydrogens is 647 g/mol. The quantitative estimate of drug-likeness (QED) is 0.145. The molecule has 0 unspecified atom stereocenters. The summed E-state index contributed by atoms with van der Waals surface area (Å²) in [6.45, 7) is 13.6. The second-order valence-electron chi connectivity index (χ2n) is 13.4. The molecule has 0 spiro atoms. The molecule has 0 aliphatic heterocycles. The van der Waals surface area contributed by atoms with Crippen molar-refractivity contribution in [1.82, 2.24) is 0 Å². The number of allylic oxidation sites excluding steroid dienone is 4. The topological polar surface area (TPSA) is 0 Å². The van der Waals surface area contributed by atoms with Gasteiger partial charge in [-0.25, -0.2) is 12.2 Å². The molecule has 1 fully saturated rings. The van der Waals surface area contributed by atoms with Crippen molar-refractivity contribution >= 4 is 24.8 Å². The molecule has 6 rings (SSSR count).